The number of amides is 1. The number of rotatable bonds is 4. The van der Waals surface area contributed by atoms with Gasteiger partial charge in [0.2, 0.25) is 5.91 Å². The van der Waals surface area contributed by atoms with Gasteiger partial charge in [0.15, 0.2) is 0 Å². The fourth-order valence-electron chi connectivity index (χ4n) is 1.88. The van der Waals surface area contributed by atoms with Gasteiger partial charge in [-0.1, -0.05) is 30.3 Å². The Morgan fingerprint density at radius 2 is 2.00 bits per heavy atom. The van der Waals surface area contributed by atoms with Crippen LogP contribution in [0.1, 0.15) is 24.4 Å². The van der Waals surface area contributed by atoms with Crippen LogP contribution in [-0.4, -0.2) is 23.4 Å². The molecule has 4 nitrogen and oxygen atoms in total. The van der Waals surface area contributed by atoms with E-state index in [0.717, 1.165) is 5.56 Å². The van der Waals surface area contributed by atoms with E-state index in [0.29, 0.717) is 12.8 Å². The number of carbonyl (C=O) groups is 2. The molecule has 1 aromatic carbocycles. The Bertz CT molecular complexity index is 408. The number of benzene rings is 1. The molecule has 2 rings (SSSR count). The molecule has 0 bridgehead atoms. The standard InChI is InChI=1S/C13H15NO3/c15-8-12(9-4-2-1-3-5-9)14-13(17)10-6-11(16)7-10/h1-5,10,12,15H,6-8H2,(H,14,17). The third-order valence-electron chi connectivity index (χ3n) is 3.02. The lowest BCUT2D eigenvalue weighted by atomic mass is 9.83. The molecule has 1 aliphatic rings. The average molecular weight is 233 g/mol. The van der Waals surface area contributed by atoms with Gasteiger partial charge in [-0.3, -0.25) is 9.59 Å². The molecule has 0 radical (unpaired) electrons. The second-order valence-electron chi connectivity index (χ2n) is 4.30. The number of aliphatic hydroxyl groups is 1. The van der Waals surface area contributed by atoms with Crippen molar-refractivity contribution in [2.75, 3.05) is 6.61 Å². The van der Waals surface area contributed by atoms with E-state index in [1.807, 2.05) is 30.3 Å². The molecular weight excluding hydrogens is 218 g/mol. The number of hydrogen-bond acceptors (Lipinski definition) is 3. The van der Waals surface area contributed by atoms with E-state index < -0.39 is 0 Å². The molecule has 1 fully saturated rings. The first-order valence-electron chi connectivity index (χ1n) is 5.68. The number of Topliss-reactive ketones (excluding diaryl/α,β-unsaturated/α-hetero) is 1. The Hall–Kier alpha value is -1.68. The van der Waals surface area contributed by atoms with Crippen molar-refractivity contribution in [1.29, 1.82) is 0 Å². The summed E-state index contributed by atoms with van der Waals surface area (Å²) in [6, 6.07) is 8.91. The highest BCUT2D eigenvalue weighted by Crippen LogP contribution is 2.24. The highest BCUT2D eigenvalue weighted by atomic mass is 16.3. The van der Waals surface area contributed by atoms with Gasteiger partial charge in [-0.15, -0.1) is 0 Å². The van der Waals surface area contributed by atoms with Crippen LogP contribution < -0.4 is 5.32 Å². The minimum absolute atomic E-state index is 0.130. The van der Waals surface area contributed by atoms with Crippen LogP contribution >= 0.6 is 0 Å². The third kappa shape index (κ3) is 2.71. The lowest BCUT2D eigenvalue weighted by molar-refractivity contribution is -0.138. The molecule has 0 saturated heterocycles. The summed E-state index contributed by atoms with van der Waals surface area (Å²) < 4.78 is 0. The lowest BCUT2D eigenvalue weighted by Gasteiger charge is -2.26. The van der Waals surface area contributed by atoms with Crippen LogP contribution in [0, 0.1) is 5.92 Å². The first kappa shape index (κ1) is 11.8. The first-order valence-corrected chi connectivity index (χ1v) is 5.68. The number of nitrogens with one attached hydrogen (secondary N) is 1. The van der Waals surface area contributed by atoms with Crippen molar-refractivity contribution in [2.45, 2.75) is 18.9 Å². The molecule has 0 aromatic heterocycles. The van der Waals surface area contributed by atoms with Gasteiger partial charge in [0.25, 0.3) is 0 Å². The highest BCUT2D eigenvalue weighted by Gasteiger charge is 2.33. The van der Waals surface area contributed by atoms with Crippen molar-refractivity contribution < 1.29 is 14.7 Å². The maximum absolute atomic E-state index is 11.7. The van der Waals surface area contributed by atoms with Gasteiger partial charge < -0.3 is 10.4 Å². The molecule has 0 heterocycles. The summed E-state index contributed by atoms with van der Waals surface area (Å²) in [5.41, 5.74) is 0.869. The van der Waals surface area contributed by atoms with Crippen LogP contribution in [0.3, 0.4) is 0 Å². The molecule has 0 aliphatic heterocycles. The Labute approximate surface area is 99.6 Å². The molecule has 1 unspecified atom stereocenters. The SMILES string of the molecule is O=C1CC(C(=O)NC(CO)c2ccccc2)C1. The summed E-state index contributed by atoms with van der Waals surface area (Å²) >= 11 is 0. The largest absolute Gasteiger partial charge is 0.394 e. The molecule has 4 heteroatoms. The van der Waals surface area contributed by atoms with E-state index in [2.05, 4.69) is 5.32 Å². The predicted molar refractivity (Wildman–Crippen MR) is 62.1 cm³/mol. The number of ketones is 1. The molecular formula is C13H15NO3. The van der Waals surface area contributed by atoms with Crippen LogP contribution in [0.5, 0.6) is 0 Å². The second kappa shape index (κ2) is 5.10. The molecule has 2 N–H and O–H groups in total. The smallest absolute Gasteiger partial charge is 0.224 e. The summed E-state index contributed by atoms with van der Waals surface area (Å²) in [6.07, 6.45) is 0.664. The van der Waals surface area contributed by atoms with Crippen LogP contribution in [-0.2, 0) is 9.59 Å². The van der Waals surface area contributed by atoms with Crippen molar-refractivity contribution in [3.8, 4) is 0 Å². The first-order chi connectivity index (χ1) is 8.20. The fourth-order valence-corrected chi connectivity index (χ4v) is 1.88. The summed E-state index contributed by atoms with van der Waals surface area (Å²) in [7, 11) is 0. The van der Waals surface area contributed by atoms with Gasteiger partial charge in [0, 0.05) is 12.8 Å². The van der Waals surface area contributed by atoms with E-state index in [9.17, 15) is 14.7 Å². The van der Waals surface area contributed by atoms with Crippen LogP contribution in [0.2, 0.25) is 0 Å². The van der Waals surface area contributed by atoms with Gasteiger partial charge in [-0.05, 0) is 5.56 Å². The Morgan fingerprint density at radius 1 is 1.35 bits per heavy atom. The van der Waals surface area contributed by atoms with Crippen LogP contribution in [0.15, 0.2) is 30.3 Å². The van der Waals surface area contributed by atoms with E-state index in [-0.39, 0.29) is 30.3 Å². The molecule has 1 amide bonds. The summed E-state index contributed by atoms with van der Waals surface area (Å²) in [6.45, 7) is -0.142. The number of carbonyl (C=O) groups excluding carboxylic acids is 2. The van der Waals surface area contributed by atoms with Crippen molar-refractivity contribution in [1.82, 2.24) is 5.32 Å². The molecule has 1 aliphatic carbocycles. The maximum atomic E-state index is 11.7. The highest BCUT2D eigenvalue weighted by molar-refractivity contribution is 5.96. The minimum atomic E-state index is -0.389. The van der Waals surface area contributed by atoms with Crippen molar-refractivity contribution in [3.05, 3.63) is 35.9 Å². The summed E-state index contributed by atoms with van der Waals surface area (Å²) in [4.78, 5) is 22.5. The number of hydrogen-bond donors (Lipinski definition) is 2. The Morgan fingerprint density at radius 3 is 2.53 bits per heavy atom. The fraction of sp³-hybridized carbons (Fsp3) is 0.385. The van der Waals surface area contributed by atoms with E-state index in [1.54, 1.807) is 0 Å². The normalized spacial score (nSPS) is 17.4. The van der Waals surface area contributed by atoms with E-state index in [4.69, 9.17) is 0 Å². The van der Waals surface area contributed by atoms with Crippen molar-refractivity contribution >= 4 is 11.7 Å². The van der Waals surface area contributed by atoms with Gasteiger partial charge >= 0.3 is 0 Å². The summed E-state index contributed by atoms with van der Waals surface area (Å²) in [5, 5.41) is 12.0. The van der Waals surface area contributed by atoms with E-state index in [1.165, 1.54) is 0 Å². The van der Waals surface area contributed by atoms with Crippen LogP contribution in [0.4, 0.5) is 0 Å². The monoisotopic (exact) mass is 233 g/mol. The lowest BCUT2D eigenvalue weighted by Crippen LogP contribution is -2.41. The maximum Gasteiger partial charge on any atom is 0.224 e. The van der Waals surface area contributed by atoms with E-state index >= 15 is 0 Å². The molecule has 17 heavy (non-hydrogen) atoms. The average Bonchev–Trinajstić information content (AvgIpc) is 2.33. The quantitative estimate of drug-likeness (QED) is 0.809. The van der Waals surface area contributed by atoms with Gasteiger partial charge in [-0.25, -0.2) is 0 Å². The van der Waals surface area contributed by atoms with Gasteiger partial charge in [0.1, 0.15) is 5.78 Å². The zero-order valence-electron chi connectivity index (χ0n) is 9.43. The molecule has 1 aromatic rings. The number of aliphatic hydroxyl groups excluding tert-OH is 1. The van der Waals surface area contributed by atoms with Gasteiger partial charge in [-0.2, -0.15) is 0 Å². The molecule has 0 spiro atoms. The topological polar surface area (TPSA) is 66.4 Å². The van der Waals surface area contributed by atoms with Gasteiger partial charge in [0.05, 0.1) is 18.6 Å². The second-order valence-corrected chi connectivity index (χ2v) is 4.30. The third-order valence-corrected chi connectivity index (χ3v) is 3.02. The van der Waals surface area contributed by atoms with Crippen molar-refractivity contribution in [3.63, 3.8) is 0 Å². The Kier molecular flexibility index (Phi) is 3.54. The summed E-state index contributed by atoms with van der Waals surface area (Å²) in [5.74, 6) is -0.224. The van der Waals surface area contributed by atoms with Crippen LogP contribution in [0.25, 0.3) is 0 Å². The molecule has 90 valence electrons. The Balaban J connectivity index is 1.96. The molecule has 1 atom stereocenters. The van der Waals surface area contributed by atoms with Crippen molar-refractivity contribution in [2.24, 2.45) is 5.92 Å². The minimum Gasteiger partial charge on any atom is -0.394 e. The molecule has 1 saturated carbocycles. The zero-order chi connectivity index (χ0) is 12.3. The predicted octanol–water partition coefficient (Wildman–Crippen LogP) is 0.815. The zero-order valence-corrected chi connectivity index (χ0v) is 9.43.